The molecule has 0 aliphatic rings. The Morgan fingerprint density at radius 2 is 0.488 bits per heavy atom. The average molecular weight is 1710 g/mol. The van der Waals surface area contributed by atoms with Crippen molar-refractivity contribution in [2.24, 2.45) is 35.5 Å². The zero-order valence-corrected chi connectivity index (χ0v) is 80.7. The zero-order valence-electron chi connectivity index (χ0n) is 80.7. The monoisotopic (exact) mass is 1710 g/mol. The van der Waals surface area contributed by atoms with Gasteiger partial charge in [0.15, 0.2) is 0 Å². The number of Topliss-reactive ketones (excluding diaryl/α,β-unsaturated/α-hetero) is 2. The summed E-state index contributed by atoms with van der Waals surface area (Å²) in [4.78, 5) is 128. The van der Waals surface area contributed by atoms with Gasteiger partial charge in [0.1, 0.15) is 23.7 Å². The number of carbonyl (C=O) groups excluding carboxylic acids is 9. The van der Waals surface area contributed by atoms with Crippen molar-refractivity contribution in [3.05, 3.63) is 0 Å². The Hall–Kier alpha value is -4.90. The van der Waals surface area contributed by atoms with Gasteiger partial charge >= 0.3 is 23.9 Å². The van der Waals surface area contributed by atoms with E-state index in [1.807, 2.05) is 6.92 Å². The molecule has 0 saturated carbocycles. The number of methoxy groups -OCH3 is 1. The predicted octanol–water partition coefficient (Wildman–Crippen LogP) is 26.9. The number of nitrogens with one attached hydrogen (secondary N) is 4. The van der Waals surface area contributed by atoms with Crippen LogP contribution >= 0.6 is 0 Å². The molecule has 4 amide bonds. The molecule has 0 aromatic rings. The van der Waals surface area contributed by atoms with Gasteiger partial charge in [-0.1, -0.05) is 377 Å². The van der Waals surface area contributed by atoms with Gasteiger partial charge in [0.05, 0.1) is 46.0 Å². The summed E-state index contributed by atoms with van der Waals surface area (Å²) in [5.74, 6) is -1.07. The maximum Gasteiger partial charge on any atom is 0.306 e. The molecule has 121 heavy (non-hydrogen) atoms. The molecule has 8 atom stereocenters. The normalized spacial score (nSPS) is 13.3. The van der Waals surface area contributed by atoms with Crippen molar-refractivity contribution < 1.29 is 67.3 Å². The first-order valence-electron chi connectivity index (χ1n) is 51.6. The number of hydrogen-bond acceptors (Lipinski definition) is 13. The van der Waals surface area contributed by atoms with Crippen molar-refractivity contribution in [1.29, 1.82) is 0 Å². The molecule has 0 aliphatic carbocycles. The molecule has 18 heteroatoms. The lowest BCUT2D eigenvalue weighted by molar-refractivity contribution is -0.149. The summed E-state index contributed by atoms with van der Waals surface area (Å²) in [6.07, 6.45) is 69.1. The first-order valence-corrected chi connectivity index (χ1v) is 51.6. The number of aliphatic carboxylic acids is 1. The Morgan fingerprint density at radius 3 is 0.769 bits per heavy atom. The Bertz CT molecular complexity index is 2480. The summed E-state index contributed by atoms with van der Waals surface area (Å²) in [7, 11) is 1.30. The highest BCUT2D eigenvalue weighted by Gasteiger charge is 2.29. The highest BCUT2D eigenvalue weighted by atomic mass is 16.5. The summed E-state index contributed by atoms with van der Waals surface area (Å²) in [5.41, 5.74) is 0. The first-order chi connectivity index (χ1) is 58.8. The second-order valence-electron chi connectivity index (χ2n) is 36.1. The summed E-state index contributed by atoms with van der Waals surface area (Å²) in [6, 6.07) is -1.18. The van der Waals surface area contributed by atoms with Crippen LogP contribution in [0.5, 0.6) is 0 Å². The van der Waals surface area contributed by atoms with Crippen molar-refractivity contribution in [2.75, 3.05) is 33.4 Å². The van der Waals surface area contributed by atoms with E-state index in [9.17, 15) is 47.9 Å². The van der Waals surface area contributed by atoms with Gasteiger partial charge in [-0.05, 0) is 115 Å². The lowest BCUT2D eigenvalue weighted by Crippen LogP contribution is -2.48. The summed E-state index contributed by atoms with van der Waals surface area (Å²) in [6.45, 7) is 23.6. The van der Waals surface area contributed by atoms with Gasteiger partial charge < -0.3 is 40.6 Å². The van der Waals surface area contributed by atoms with E-state index in [4.69, 9.17) is 14.6 Å². The van der Waals surface area contributed by atoms with Crippen LogP contribution in [0.2, 0.25) is 0 Å². The van der Waals surface area contributed by atoms with Crippen LogP contribution in [0.25, 0.3) is 0 Å². The quantitative estimate of drug-likeness (QED) is 0.0215. The first kappa shape index (κ1) is 118. The number of carboxylic acid groups (broad SMARTS) is 1. The summed E-state index contributed by atoms with van der Waals surface area (Å²) < 4.78 is 15.3. The van der Waals surface area contributed by atoms with E-state index in [2.05, 4.69) is 88.3 Å². The van der Waals surface area contributed by atoms with E-state index in [0.29, 0.717) is 56.9 Å². The van der Waals surface area contributed by atoms with E-state index in [-0.39, 0.29) is 91.4 Å². The molecule has 0 fully saturated rings. The van der Waals surface area contributed by atoms with Gasteiger partial charge in [-0.15, -0.1) is 0 Å². The molecule has 0 rings (SSSR count). The van der Waals surface area contributed by atoms with E-state index in [1.54, 1.807) is 0 Å². The maximum atomic E-state index is 13.9. The molecule has 0 spiro atoms. The molecule has 0 heterocycles. The van der Waals surface area contributed by atoms with Gasteiger partial charge in [-0.2, -0.15) is 0 Å². The third kappa shape index (κ3) is 74.0. The molecule has 0 aliphatic heterocycles. The number of esters is 3. The second kappa shape index (κ2) is 88.5. The standard InChI is InChI=1S/C52H98N2O7.C51H96N2O7/c1-7-12-16-20-22-27-35-45(34-25-18-14-9-3)48(55)39-30-24-29-38-47(54-51(58)46(36-26-19-15-10-4)37-28-23-21-17-13-8-2)52(59)53-42-32-31-33-44(11-5)43-61-50(57)41-40-49(56)60-6;1-6-11-15-19-21-26-34-44(33-24-17-13-8-3)47(54)38-29-23-28-37-46(53-50(58)45(35-25-18-14-9-4)36-27-22-20-16-12-7-2)51(59)52-41-31-30-32-43(10-5)42-60-49(57)40-39-48(55)56/h44-47H,7-43H2,1-6H3,(H,53,59)(H,54,58);43-46H,6-42H2,1-5H3,(H,52,59)(H,53,58)(H,55,56)/t44?,45?,46?,47-;43?,44?,45?,46-/m00/s1. The van der Waals surface area contributed by atoms with Gasteiger partial charge in [-0.25, -0.2) is 0 Å². The third-order valence-corrected chi connectivity index (χ3v) is 25.1. The molecule has 0 aromatic carbocycles. The number of carboxylic acids is 1. The topological polar surface area (TPSA) is 267 Å². The number of carbonyl (C=O) groups is 10. The molecule has 0 bridgehead atoms. The smallest absolute Gasteiger partial charge is 0.306 e. The predicted molar refractivity (Wildman–Crippen MR) is 502 cm³/mol. The molecule has 18 nitrogen and oxygen atoms in total. The minimum atomic E-state index is -1.01. The van der Waals surface area contributed by atoms with Crippen molar-refractivity contribution in [2.45, 2.75) is 531 Å². The van der Waals surface area contributed by atoms with Crippen LogP contribution in [0.3, 0.4) is 0 Å². The lowest BCUT2D eigenvalue weighted by Gasteiger charge is -2.23. The Kier molecular flexibility index (Phi) is 86.4. The SMILES string of the molecule is CCCCCCCCC(CCCCCC)C(=O)CCCCC[C@H](NC(=O)C(CCCCCC)CCCCCCCC)C(=O)NCCCCC(CC)COC(=O)CCC(=O)O.CCCCCCCCC(CCCCCC)C(=O)CCCCC[C@H](NC(=O)C(CCCCCC)CCCCCCCC)C(=O)NCCCCC(CC)COC(=O)CCC(=O)OC. The number of ether oxygens (including phenoxy) is 3. The minimum Gasteiger partial charge on any atom is -0.481 e. The fourth-order valence-corrected chi connectivity index (χ4v) is 16.6. The second-order valence-corrected chi connectivity index (χ2v) is 36.1. The molecule has 0 saturated heterocycles. The molecule has 6 unspecified atom stereocenters. The number of amides is 4. The van der Waals surface area contributed by atoms with E-state index >= 15 is 0 Å². The van der Waals surface area contributed by atoms with Gasteiger partial charge in [0, 0.05) is 49.6 Å². The largest absolute Gasteiger partial charge is 0.481 e. The van der Waals surface area contributed by atoms with Crippen LogP contribution in [0.15, 0.2) is 0 Å². The molecule has 0 radical (unpaired) electrons. The molecule has 0 aromatic heterocycles. The van der Waals surface area contributed by atoms with Crippen LogP contribution < -0.4 is 21.3 Å². The van der Waals surface area contributed by atoms with Crippen LogP contribution in [0.4, 0.5) is 0 Å². The number of rotatable bonds is 90. The molecule has 5 N–H and O–H groups in total. The highest BCUT2D eigenvalue weighted by Crippen LogP contribution is 2.28. The van der Waals surface area contributed by atoms with Crippen LogP contribution in [0, 0.1) is 35.5 Å². The van der Waals surface area contributed by atoms with Gasteiger partial charge in [-0.3, -0.25) is 47.9 Å². The molecular weight excluding hydrogens is 1520 g/mol. The van der Waals surface area contributed by atoms with Crippen molar-refractivity contribution in [3.63, 3.8) is 0 Å². The molecular formula is C103H194N4O14. The van der Waals surface area contributed by atoms with E-state index < -0.39 is 36.0 Å². The number of hydrogen-bond donors (Lipinski definition) is 5. The number of unbranched alkanes of at least 4 members (excludes halogenated alkanes) is 38. The van der Waals surface area contributed by atoms with Crippen molar-refractivity contribution >= 4 is 59.1 Å². The van der Waals surface area contributed by atoms with Crippen molar-refractivity contribution in [3.8, 4) is 0 Å². The number of ketones is 2. The maximum absolute atomic E-state index is 13.9. The average Bonchev–Trinajstić information content (AvgIpc) is 0.888. The van der Waals surface area contributed by atoms with Crippen molar-refractivity contribution in [1.82, 2.24) is 21.3 Å². The van der Waals surface area contributed by atoms with Crippen LogP contribution in [0.1, 0.15) is 519 Å². The summed E-state index contributed by atoms with van der Waals surface area (Å²) in [5, 5.41) is 21.5. The zero-order chi connectivity index (χ0) is 89.7. The highest BCUT2D eigenvalue weighted by molar-refractivity contribution is 5.89. The minimum absolute atomic E-state index is 0.0136. The van der Waals surface area contributed by atoms with Crippen LogP contribution in [-0.2, 0) is 62.2 Å². The molecule has 710 valence electrons. The fourth-order valence-electron chi connectivity index (χ4n) is 16.6. The van der Waals surface area contributed by atoms with E-state index in [0.717, 1.165) is 231 Å². The fraction of sp³-hybridized carbons (Fsp3) is 0.903. The van der Waals surface area contributed by atoms with Gasteiger partial charge in [0.2, 0.25) is 23.6 Å². The Morgan fingerprint density at radius 1 is 0.248 bits per heavy atom. The lowest BCUT2D eigenvalue weighted by atomic mass is 9.88. The third-order valence-electron chi connectivity index (χ3n) is 25.1. The van der Waals surface area contributed by atoms with Gasteiger partial charge in [0.25, 0.3) is 0 Å². The Labute approximate surface area is 743 Å². The summed E-state index contributed by atoms with van der Waals surface area (Å²) >= 11 is 0. The Balaban J connectivity index is 0. The van der Waals surface area contributed by atoms with E-state index in [1.165, 1.54) is 174 Å². The van der Waals surface area contributed by atoms with Crippen LogP contribution in [-0.4, -0.2) is 110 Å².